The highest BCUT2D eigenvalue weighted by atomic mass is 28.4. The van der Waals surface area contributed by atoms with Crippen molar-refractivity contribution in [2.24, 2.45) is 0 Å². The van der Waals surface area contributed by atoms with E-state index >= 15 is 0 Å². The van der Waals surface area contributed by atoms with Crippen LogP contribution in [0, 0.1) is 11.8 Å². The zero-order chi connectivity index (χ0) is 18.1. The minimum Gasteiger partial charge on any atom is -0.417 e. The van der Waals surface area contributed by atoms with Crippen LogP contribution in [0.25, 0.3) is 0 Å². The van der Waals surface area contributed by atoms with Crippen LogP contribution in [-0.2, 0) is 4.43 Å². The largest absolute Gasteiger partial charge is 0.417 e. The van der Waals surface area contributed by atoms with E-state index in [9.17, 15) is 0 Å². The minimum atomic E-state index is -1.56. The van der Waals surface area contributed by atoms with Crippen molar-refractivity contribution < 1.29 is 5.80 Å². The molecule has 0 amide bonds. The van der Waals surface area contributed by atoms with Crippen molar-refractivity contribution in [1.29, 1.82) is 0 Å². The molecule has 3 heteroatoms. The highest BCUT2D eigenvalue weighted by Gasteiger charge is 2.36. The van der Waals surface area contributed by atoms with E-state index in [-0.39, 0.29) is 6.17 Å². The van der Waals surface area contributed by atoms with Crippen LogP contribution in [-0.4, -0.2) is 19.9 Å². The van der Waals surface area contributed by atoms with Gasteiger partial charge < -0.3 is 4.43 Å². The zero-order valence-corrected chi connectivity index (χ0v) is 16.5. The highest BCUT2D eigenvalue weighted by Crippen LogP contribution is 2.36. The van der Waals surface area contributed by atoms with Gasteiger partial charge in [0, 0.05) is 31.0 Å². The molecule has 1 aromatic heterocycles. The van der Waals surface area contributed by atoms with Crippen molar-refractivity contribution in [3.05, 3.63) is 30.1 Å². The molecule has 0 spiro atoms. The zero-order valence-electron chi connectivity index (χ0n) is 16.5. The van der Waals surface area contributed by atoms with Crippen LogP contribution in [0.5, 0.6) is 0 Å². The molecule has 0 aromatic carbocycles. The van der Waals surface area contributed by atoms with Crippen molar-refractivity contribution >= 4 is 8.32 Å². The lowest BCUT2D eigenvalue weighted by molar-refractivity contribution is 0.277. The van der Waals surface area contributed by atoms with Crippen molar-refractivity contribution in [2.45, 2.75) is 77.4 Å². The third kappa shape index (κ3) is 8.34. The Hall–Kier alpha value is -1.11. The van der Waals surface area contributed by atoms with E-state index in [1.807, 2.05) is 6.07 Å². The number of hydrogen-bond acceptors (Lipinski definition) is 2. The number of rotatable bonds is 8. The lowest BCUT2D eigenvalue weighted by Gasteiger charge is -2.36. The van der Waals surface area contributed by atoms with Crippen LogP contribution in [0.4, 0.5) is 0 Å². The van der Waals surface area contributed by atoms with Crippen LogP contribution in [0.3, 0.4) is 0 Å². The SMILES string of the molecule is [2H]c1cc(C#CCCCCCCCO[Si](C)(C)C(C)(C)C)ccn1. The van der Waals surface area contributed by atoms with E-state index in [1.54, 1.807) is 12.3 Å². The number of aromatic nitrogens is 1. The molecule has 0 saturated carbocycles. The molecule has 0 atom stereocenters. The molecule has 0 aliphatic carbocycles. The first-order valence-corrected chi connectivity index (χ1v) is 11.7. The average molecular weight is 333 g/mol. The Morgan fingerprint density at radius 2 is 1.83 bits per heavy atom. The summed E-state index contributed by atoms with van der Waals surface area (Å²) in [4.78, 5) is 3.85. The lowest BCUT2D eigenvalue weighted by Crippen LogP contribution is -2.40. The van der Waals surface area contributed by atoms with Gasteiger partial charge in [0.1, 0.15) is 0 Å². The van der Waals surface area contributed by atoms with Crippen molar-refractivity contribution in [3.8, 4) is 11.8 Å². The molecule has 0 bridgehead atoms. The van der Waals surface area contributed by atoms with Crippen LogP contribution in [0.2, 0.25) is 18.1 Å². The topological polar surface area (TPSA) is 22.1 Å². The Bertz CT molecular complexity index is 555. The molecule has 2 nitrogen and oxygen atoms in total. The van der Waals surface area contributed by atoms with Crippen molar-refractivity contribution in [3.63, 3.8) is 0 Å². The second kappa shape index (κ2) is 9.90. The first kappa shape index (κ1) is 18.2. The summed E-state index contributed by atoms with van der Waals surface area (Å²) in [6.07, 6.45) is 8.89. The maximum atomic E-state index is 7.45. The molecular weight excluding hydrogens is 298 g/mol. The molecule has 1 aromatic rings. The van der Waals surface area contributed by atoms with E-state index in [0.717, 1.165) is 25.0 Å². The molecule has 0 radical (unpaired) electrons. The summed E-state index contributed by atoms with van der Waals surface area (Å²) < 4.78 is 13.6. The highest BCUT2D eigenvalue weighted by molar-refractivity contribution is 6.74. The smallest absolute Gasteiger partial charge is 0.191 e. The van der Waals surface area contributed by atoms with E-state index in [4.69, 9.17) is 5.80 Å². The molecule has 0 fully saturated rings. The standard InChI is InChI=1S/C20H33NOSi/c1-20(2,3)23(4,5)22-18-12-10-8-6-7-9-11-13-19-14-16-21-17-15-19/h14-17H,6-10,12,18H2,1-5H3/i16D. The van der Waals surface area contributed by atoms with Gasteiger partial charge >= 0.3 is 0 Å². The molecular formula is C20H33NOSi. The van der Waals surface area contributed by atoms with Gasteiger partial charge in [0.2, 0.25) is 0 Å². The number of hydrogen-bond donors (Lipinski definition) is 0. The summed E-state index contributed by atoms with van der Waals surface area (Å²) >= 11 is 0. The fourth-order valence-corrected chi connectivity index (χ4v) is 3.04. The maximum absolute atomic E-state index is 7.45. The van der Waals surface area contributed by atoms with Gasteiger partial charge in [0.15, 0.2) is 8.32 Å². The van der Waals surface area contributed by atoms with E-state index in [2.05, 4.69) is 50.7 Å². The number of unbranched alkanes of at least 4 members (excludes halogenated alkanes) is 5. The number of nitrogens with zero attached hydrogens (tertiary/aromatic N) is 1. The van der Waals surface area contributed by atoms with Gasteiger partial charge in [0.25, 0.3) is 0 Å². The predicted octanol–water partition coefficient (Wildman–Crippen LogP) is 5.80. The molecule has 0 unspecified atom stereocenters. The molecule has 1 rings (SSSR count). The Kier molecular flexibility index (Phi) is 7.85. The van der Waals surface area contributed by atoms with Gasteiger partial charge in [-0.3, -0.25) is 4.98 Å². The third-order valence-electron chi connectivity index (χ3n) is 4.57. The third-order valence-corrected chi connectivity index (χ3v) is 9.11. The molecule has 0 aliphatic rings. The minimum absolute atomic E-state index is 0.279. The van der Waals surface area contributed by atoms with E-state index in [0.29, 0.717) is 5.04 Å². The van der Waals surface area contributed by atoms with Gasteiger partial charge in [-0.2, -0.15) is 0 Å². The normalized spacial score (nSPS) is 12.5. The fourth-order valence-electron chi connectivity index (χ4n) is 1.95. The fraction of sp³-hybridized carbons (Fsp3) is 0.650. The van der Waals surface area contributed by atoms with Crippen LogP contribution < -0.4 is 0 Å². The Balaban J connectivity index is 2.06. The first-order valence-electron chi connectivity index (χ1n) is 9.28. The summed E-state index contributed by atoms with van der Waals surface area (Å²) in [6, 6.07) is 3.56. The van der Waals surface area contributed by atoms with Crippen LogP contribution >= 0.6 is 0 Å². The maximum Gasteiger partial charge on any atom is 0.191 e. The Morgan fingerprint density at radius 1 is 1.13 bits per heavy atom. The number of pyridine rings is 1. The van der Waals surface area contributed by atoms with Crippen LogP contribution in [0.1, 0.15) is 66.2 Å². The Morgan fingerprint density at radius 3 is 2.52 bits per heavy atom. The summed E-state index contributed by atoms with van der Waals surface area (Å²) in [5.41, 5.74) is 0.887. The van der Waals surface area contributed by atoms with Crippen LogP contribution in [0.15, 0.2) is 24.5 Å². The summed E-state index contributed by atoms with van der Waals surface area (Å²) in [7, 11) is -1.56. The van der Waals surface area contributed by atoms with Gasteiger partial charge in [-0.15, -0.1) is 0 Å². The van der Waals surface area contributed by atoms with Gasteiger partial charge in [-0.25, -0.2) is 0 Å². The predicted molar refractivity (Wildman–Crippen MR) is 102 cm³/mol. The summed E-state index contributed by atoms with van der Waals surface area (Å²) in [5.74, 6) is 6.29. The van der Waals surface area contributed by atoms with Crippen molar-refractivity contribution in [2.75, 3.05) is 6.61 Å². The van der Waals surface area contributed by atoms with E-state index < -0.39 is 8.32 Å². The monoisotopic (exact) mass is 332 g/mol. The van der Waals surface area contributed by atoms with E-state index in [1.165, 1.54) is 25.7 Å². The average Bonchev–Trinajstić information content (AvgIpc) is 2.48. The Labute approximate surface area is 145 Å². The molecule has 0 aliphatic heterocycles. The second-order valence-corrected chi connectivity index (χ2v) is 12.4. The summed E-state index contributed by atoms with van der Waals surface area (Å²) in [5, 5.41) is 0.307. The quantitative estimate of drug-likeness (QED) is 0.341. The summed E-state index contributed by atoms with van der Waals surface area (Å²) in [6.45, 7) is 12.4. The molecule has 128 valence electrons. The van der Waals surface area contributed by atoms with Gasteiger partial charge in [-0.05, 0) is 43.1 Å². The van der Waals surface area contributed by atoms with Crippen molar-refractivity contribution in [1.82, 2.24) is 4.98 Å². The molecule has 23 heavy (non-hydrogen) atoms. The lowest BCUT2D eigenvalue weighted by atomic mass is 10.1. The van der Waals surface area contributed by atoms with Gasteiger partial charge in [-0.1, -0.05) is 51.9 Å². The molecule has 0 N–H and O–H groups in total. The first-order chi connectivity index (χ1) is 11.2. The van der Waals surface area contributed by atoms with Gasteiger partial charge in [0.05, 0.1) is 1.37 Å². The second-order valence-electron chi connectivity index (χ2n) is 7.60. The molecule has 1 heterocycles. The molecule has 0 saturated heterocycles.